The Hall–Kier alpha value is -5.75. The van der Waals surface area contributed by atoms with E-state index in [1.165, 1.54) is 0 Å². The first kappa shape index (κ1) is 29.4. The zero-order valence-electron chi connectivity index (χ0n) is 26.1. The van der Waals surface area contributed by atoms with Gasteiger partial charge < -0.3 is 4.42 Å². The molecule has 0 saturated carbocycles. The predicted molar refractivity (Wildman–Crippen MR) is 205 cm³/mol. The number of benzene rings is 6. The van der Waals surface area contributed by atoms with E-state index in [4.69, 9.17) is 58.6 Å². The molecule has 0 aliphatic carbocycles. The van der Waals surface area contributed by atoms with Crippen molar-refractivity contribution >= 4 is 110 Å². The lowest BCUT2D eigenvalue weighted by Crippen LogP contribution is -2.55. The summed E-state index contributed by atoms with van der Waals surface area (Å²) in [5.74, 6) is 1.53. The van der Waals surface area contributed by atoms with Gasteiger partial charge in [0.2, 0.25) is 5.95 Å². The van der Waals surface area contributed by atoms with Crippen molar-refractivity contribution in [2.75, 3.05) is 0 Å². The molecule has 9 aromatic rings. The van der Waals surface area contributed by atoms with Crippen LogP contribution in [0, 0.1) is 0 Å². The second kappa shape index (κ2) is 11.2. The van der Waals surface area contributed by atoms with E-state index in [1.54, 1.807) is 0 Å². The monoisotopic (exact) mass is 614 g/mol. The number of fused-ring (bicyclic) bond motifs is 6. The first-order valence-corrected chi connectivity index (χ1v) is 15.7. The van der Waals surface area contributed by atoms with E-state index < -0.39 is 0 Å². The molecule has 0 bridgehead atoms. The molecule has 0 saturated heterocycles. The molecular weight excluding hydrogens is 595 g/mol. The minimum atomic E-state index is 0.166. The van der Waals surface area contributed by atoms with Crippen LogP contribution in [0.15, 0.2) is 120 Å². The van der Waals surface area contributed by atoms with Gasteiger partial charge >= 0.3 is 0 Å². The topological polar surface area (TPSA) is 56.7 Å². The first-order chi connectivity index (χ1) is 23.9. The predicted octanol–water partition coefficient (Wildman–Crippen LogP) is 3.84. The molecular formula is C39H19B5N4O. The Morgan fingerprint density at radius 2 is 1.08 bits per heavy atom. The summed E-state index contributed by atoms with van der Waals surface area (Å²) < 4.78 is 8.45. The molecule has 0 atom stereocenters. The van der Waals surface area contributed by atoms with Gasteiger partial charge in [-0.2, -0.15) is 9.97 Å². The Bertz CT molecular complexity index is 2710. The van der Waals surface area contributed by atoms with Gasteiger partial charge in [-0.25, -0.2) is 4.98 Å². The van der Waals surface area contributed by atoms with E-state index in [2.05, 4.69) is 28.8 Å². The lowest BCUT2D eigenvalue weighted by molar-refractivity contribution is 0.669. The largest absolute Gasteiger partial charge is 0.456 e. The molecule has 0 amide bonds. The Morgan fingerprint density at radius 1 is 0.469 bits per heavy atom. The third-order valence-electron chi connectivity index (χ3n) is 9.16. The van der Waals surface area contributed by atoms with Crippen molar-refractivity contribution in [3.63, 3.8) is 0 Å². The van der Waals surface area contributed by atoms with E-state index in [0.29, 0.717) is 39.9 Å². The van der Waals surface area contributed by atoms with Gasteiger partial charge in [0, 0.05) is 32.7 Å². The van der Waals surface area contributed by atoms with Gasteiger partial charge in [0.1, 0.15) is 50.4 Å². The van der Waals surface area contributed by atoms with Gasteiger partial charge in [0.15, 0.2) is 11.6 Å². The van der Waals surface area contributed by atoms with Gasteiger partial charge in [-0.1, -0.05) is 95.9 Å². The number of furan rings is 1. The molecule has 0 aliphatic heterocycles. The van der Waals surface area contributed by atoms with Crippen molar-refractivity contribution in [3.05, 3.63) is 115 Å². The van der Waals surface area contributed by atoms with Crippen molar-refractivity contribution in [2.24, 2.45) is 0 Å². The highest BCUT2D eigenvalue weighted by Crippen LogP contribution is 2.38. The van der Waals surface area contributed by atoms with Crippen LogP contribution in [0.3, 0.4) is 0 Å². The highest BCUT2D eigenvalue weighted by atomic mass is 16.3. The summed E-state index contributed by atoms with van der Waals surface area (Å²) in [5.41, 5.74) is 7.25. The highest BCUT2D eigenvalue weighted by molar-refractivity contribution is 6.68. The van der Waals surface area contributed by atoms with Gasteiger partial charge in [-0.05, 0) is 41.5 Å². The molecule has 3 aromatic heterocycles. The molecule has 49 heavy (non-hydrogen) atoms. The zero-order chi connectivity index (χ0) is 33.4. The van der Waals surface area contributed by atoms with E-state index in [1.807, 2.05) is 91.0 Å². The molecule has 0 unspecified atom stereocenters. The van der Waals surface area contributed by atoms with Crippen LogP contribution in [0.2, 0.25) is 0 Å². The Morgan fingerprint density at radius 3 is 1.78 bits per heavy atom. The first-order valence-electron chi connectivity index (χ1n) is 15.7. The number of hydrogen-bond acceptors (Lipinski definition) is 4. The van der Waals surface area contributed by atoms with Crippen molar-refractivity contribution in [3.8, 4) is 39.9 Å². The Kier molecular flexibility index (Phi) is 6.70. The number of hydrogen-bond donors (Lipinski definition) is 0. The molecule has 10 radical (unpaired) electrons. The summed E-state index contributed by atoms with van der Waals surface area (Å²) in [7, 11) is 31.5. The number of nitrogens with zero attached hydrogens (tertiary/aromatic N) is 4. The fourth-order valence-electron chi connectivity index (χ4n) is 6.77. The Balaban J connectivity index is 1.33. The van der Waals surface area contributed by atoms with Crippen molar-refractivity contribution < 1.29 is 4.42 Å². The van der Waals surface area contributed by atoms with E-state index in [9.17, 15) is 0 Å². The molecule has 216 valence electrons. The molecule has 0 N–H and O–H groups in total. The smallest absolute Gasteiger partial charge is 0.238 e. The molecule has 3 heterocycles. The normalized spacial score (nSPS) is 11.7. The van der Waals surface area contributed by atoms with Crippen LogP contribution in [-0.2, 0) is 0 Å². The number of rotatable bonds is 4. The third kappa shape index (κ3) is 4.51. The number of para-hydroxylation sites is 2. The molecule has 5 nitrogen and oxygen atoms in total. The average molecular weight is 614 g/mol. The van der Waals surface area contributed by atoms with Crippen LogP contribution in [0.25, 0.3) is 83.6 Å². The summed E-state index contributed by atoms with van der Waals surface area (Å²) in [5, 5.41) is 3.86. The van der Waals surface area contributed by atoms with Gasteiger partial charge in [0.25, 0.3) is 0 Å². The van der Waals surface area contributed by atoms with Gasteiger partial charge in [0.05, 0.1) is 11.0 Å². The highest BCUT2D eigenvalue weighted by Gasteiger charge is 2.21. The molecule has 0 spiro atoms. The van der Waals surface area contributed by atoms with Crippen molar-refractivity contribution in [1.29, 1.82) is 0 Å². The summed E-state index contributed by atoms with van der Waals surface area (Å²) >= 11 is 0. The standard InChI is InChI=1S/C39H19B5N4O/c40-32-30(33(41)35(43)36(44)34(32)42)21-17-18-28-25(19-21)31-24(13-8-16-29(31)49-28)38-45-37(20-9-2-1-3-10-20)46-39(47-38)48-26-14-6-4-11-22(26)23-12-5-7-15-27(23)48/h1-19H. The molecule has 0 aliphatic rings. The quantitative estimate of drug-likeness (QED) is 0.283. The van der Waals surface area contributed by atoms with Crippen molar-refractivity contribution in [1.82, 2.24) is 19.5 Å². The fourth-order valence-corrected chi connectivity index (χ4v) is 6.77. The van der Waals surface area contributed by atoms with Crippen LogP contribution >= 0.6 is 0 Å². The van der Waals surface area contributed by atoms with E-state index in [-0.39, 0.29) is 27.3 Å². The van der Waals surface area contributed by atoms with Crippen molar-refractivity contribution in [2.45, 2.75) is 0 Å². The van der Waals surface area contributed by atoms with Crippen LogP contribution in [-0.4, -0.2) is 58.8 Å². The zero-order valence-corrected chi connectivity index (χ0v) is 26.1. The summed E-state index contributed by atoms with van der Waals surface area (Å²) in [4.78, 5) is 15.3. The molecule has 0 fully saturated rings. The maximum atomic E-state index is 6.46. The Labute approximate surface area is 288 Å². The third-order valence-corrected chi connectivity index (χ3v) is 9.16. The van der Waals surface area contributed by atoms with E-state index >= 15 is 0 Å². The molecule has 6 aromatic carbocycles. The lowest BCUT2D eigenvalue weighted by atomic mass is 9.59. The summed E-state index contributed by atoms with van der Waals surface area (Å²) in [6.07, 6.45) is 0. The second-order valence-corrected chi connectivity index (χ2v) is 12.0. The fraction of sp³-hybridized carbons (Fsp3) is 0. The van der Waals surface area contributed by atoms with Crippen LogP contribution < -0.4 is 27.3 Å². The van der Waals surface area contributed by atoms with Gasteiger partial charge in [-0.3, -0.25) is 4.57 Å². The van der Waals surface area contributed by atoms with Gasteiger partial charge in [-0.15, -0.1) is 16.4 Å². The summed E-state index contributed by atoms with van der Waals surface area (Å²) in [6, 6.07) is 38.0. The maximum absolute atomic E-state index is 6.46. The average Bonchev–Trinajstić information content (AvgIpc) is 3.69. The maximum Gasteiger partial charge on any atom is 0.238 e. The molecule has 9 rings (SSSR count). The van der Waals surface area contributed by atoms with Crippen LogP contribution in [0.4, 0.5) is 0 Å². The summed E-state index contributed by atoms with van der Waals surface area (Å²) in [6.45, 7) is 0. The van der Waals surface area contributed by atoms with E-state index in [0.717, 1.165) is 43.7 Å². The second-order valence-electron chi connectivity index (χ2n) is 12.0. The number of aromatic nitrogens is 4. The minimum absolute atomic E-state index is 0.166. The lowest BCUT2D eigenvalue weighted by Gasteiger charge is -2.21. The van der Waals surface area contributed by atoms with Crippen LogP contribution in [0.5, 0.6) is 0 Å². The SMILES string of the molecule is [B]c1c([B])c([B])c(-c2ccc3oc4cccc(-c5nc(-c6ccccc6)nc(-n6c7ccccc7c7ccccc76)n5)c4c3c2)c([B])c1[B]. The minimum Gasteiger partial charge on any atom is -0.456 e. The van der Waals surface area contributed by atoms with Crippen LogP contribution in [0.1, 0.15) is 0 Å². The molecule has 10 heteroatoms.